The number of nitrogens with zero attached hydrogens (tertiary/aromatic N) is 1. The Morgan fingerprint density at radius 1 is 1.19 bits per heavy atom. The van der Waals surface area contributed by atoms with Crippen LogP contribution >= 0.6 is 23.4 Å². The quantitative estimate of drug-likeness (QED) is 0.314. The van der Waals surface area contributed by atoms with Crippen molar-refractivity contribution in [1.82, 2.24) is 5.43 Å². The number of hydrogen-bond acceptors (Lipinski definition) is 6. The van der Waals surface area contributed by atoms with Crippen molar-refractivity contribution >= 4 is 41.5 Å². The minimum Gasteiger partial charge on any atom is -0.482 e. The Kier molecular flexibility index (Phi) is 8.16. The Bertz CT molecular complexity index is 794. The Labute approximate surface area is 166 Å². The van der Waals surface area contributed by atoms with Gasteiger partial charge in [-0.1, -0.05) is 11.6 Å². The number of hydrazone groups is 1. The minimum atomic E-state index is -0.450. The van der Waals surface area contributed by atoms with E-state index in [1.807, 2.05) is 12.1 Å². The lowest BCUT2D eigenvalue weighted by molar-refractivity contribution is -0.142. The number of amides is 1. The lowest BCUT2D eigenvalue weighted by Gasteiger charge is -2.09. The molecule has 0 unspecified atom stereocenters. The zero-order chi connectivity index (χ0) is 19.6. The fourth-order valence-electron chi connectivity index (χ4n) is 1.88. The average Bonchev–Trinajstić information content (AvgIpc) is 2.68. The van der Waals surface area contributed by atoms with Gasteiger partial charge in [0.05, 0.1) is 18.6 Å². The van der Waals surface area contributed by atoms with Gasteiger partial charge in [-0.15, -0.1) is 11.8 Å². The molecule has 0 spiro atoms. The van der Waals surface area contributed by atoms with Crippen molar-refractivity contribution < 1.29 is 19.1 Å². The molecule has 0 aromatic heterocycles. The van der Waals surface area contributed by atoms with E-state index in [1.54, 1.807) is 43.3 Å². The van der Waals surface area contributed by atoms with E-state index < -0.39 is 5.97 Å². The van der Waals surface area contributed by atoms with Crippen molar-refractivity contribution in [1.29, 1.82) is 0 Å². The Morgan fingerprint density at radius 2 is 1.85 bits per heavy atom. The van der Waals surface area contributed by atoms with Crippen LogP contribution in [0.2, 0.25) is 5.02 Å². The third kappa shape index (κ3) is 7.32. The van der Waals surface area contributed by atoms with Crippen molar-refractivity contribution in [3.63, 3.8) is 0 Å². The third-order valence-corrected chi connectivity index (χ3v) is 4.71. The topological polar surface area (TPSA) is 77.0 Å². The summed E-state index contributed by atoms with van der Waals surface area (Å²) in [6.07, 6.45) is 1.53. The van der Waals surface area contributed by atoms with Gasteiger partial charge in [0.2, 0.25) is 0 Å². The van der Waals surface area contributed by atoms with Crippen LogP contribution in [0.4, 0.5) is 0 Å². The van der Waals surface area contributed by atoms with Crippen molar-refractivity contribution in [2.45, 2.75) is 17.1 Å². The molecule has 2 rings (SSSR count). The van der Waals surface area contributed by atoms with E-state index in [2.05, 4.69) is 15.3 Å². The molecular formula is C19H19ClN2O4S. The van der Waals surface area contributed by atoms with Gasteiger partial charge in [-0.2, -0.15) is 5.10 Å². The van der Waals surface area contributed by atoms with Crippen LogP contribution < -0.4 is 10.2 Å². The van der Waals surface area contributed by atoms with Gasteiger partial charge in [-0.3, -0.25) is 4.79 Å². The standard InChI is InChI=1S/C19H19ClN2O4S/c1-13(27-17-9-5-15(20)6-10-17)19(24)22-21-11-14-3-7-16(8-4-14)26-12-18(23)25-2/h3-11,13H,12H2,1-2H3,(H,22,24)/b21-11-/t13-/m1/s1. The number of esters is 1. The maximum atomic E-state index is 12.1. The molecule has 27 heavy (non-hydrogen) atoms. The van der Waals surface area contributed by atoms with Crippen LogP contribution in [-0.4, -0.2) is 37.1 Å². The number of nitrogens with one attached hydrogen (secondary N) is 1. The normalized spacial score (nSPS) is 11.8. The molecule has 0 fully saturated rings. The second-order valence-electron chi connectivity index (χ2n) is 5.38. The second kappa shape index (κ2) is 10.6. The average molecular weight is 407 g/mol. The summed E-state index contributed by atoms with van der Waals surface area (Å²) in [5, 5.41) is 4.31. The van der Waals surface area contributed by atoms with E-state index in [9.17, 15) is 9.59 Å². The third-order valence-electron chi connectivity index (χ3n) is 3.35. The summed E-state index contributed by atoms with van der Waals surface area (Å²) in [5.41, 5.74) is 3.29. The fourth-order valence-corrected chi connectivity index (χ4v) is 2.87. The summed E-state index contributed by atoms with van der Waals surface area (Å²) in [6.45, 7) is 1.65. The van der Waals surface area contributed by atoms with Gasteiger partial charge in [0.25, 0.3) is 5.91 Å². The molecule has 0 heterocycles. The van der Waals surface area contributed by atoms with Crippen LogP contribution in [0.1, 0.15) is 12.5 Å². The molecule has 2 aromatic rings. The van der Waals surface area contributed by atoms with E-state index in [-0.39, 0.29) is 17.8 Å². The maximum absolute atomic E-state index is 12.1. The van der Waals surface area contributed by atoms with E-state index >= 15 is 0 Å². The van der Waals surface area contributed by atoms with Crippen molar-refractivity contribution in [3.05, 3.63) is 59.1 Å². The minimum absolute atomic E-state index is 0.150. The zero-order valence-corrected chi connectivity index (χ0v) is 16.4. The molecule has 2 aromatic carbocycles. The lowest BCUT2D eigenvalue weighted by Crippen LogP contribution is -2.26. The van der Waals surface area contributed by atoms with E-state index in [0.717, 1.165) is 10.5 Å². The summed E-state index contributed by atoms with van der Waals surface area (Å²) in [4.78, 5) is 24.1. The number of methoxy groups -OCH3 is 1. The highest BCUT2D eigenvalue weighted by Gasteiger charge is 2.13. The monoisotopic (exact) mass is 406 g/mol. The predicted molar refractivity (Wildman–Crippen MR) is 106 cm³/mol. The molecule has 1 atom stereocenters. The van der Waals surface area contributed by atoms with Crippen LogP contribution in [0.25, 0.3) is 0 Å². The molecule has 0 aliphatic rings. The summed E-state index contributed by atoms with van der Waals surface area (Å²) < 4.78 is 9.75. The smallest absolute Gasteiger partial charge is 0.343 e. The van der Waals surface area contributed by atoms with Crippen molar-refractivity contribution in [2.24, 2.45) is 5.10 Å². The molecule has 1 amide bonds. The number of rotatable bonds is 8. The first-order valence-electron chi connectivity index (χ1n) is 8.03. The molecule has 0 radical (unpaired) electrons. The summed E-state index contributed by atoms with van der Waals surface area (Å²) in [5.74, 6) is -0.118. The molecular weight excluding hydrogens is 388 g/mol. The number of hydrogen-bond donors (Lipinski definition) is 1. The first kappa shape index (κ1) is 20.8. The second-order valence-corrected chi connectivity index (χ2v) is 7.23. The number of halogens is 1. The van der Waals surface area contributed by atoms with Gasteiger partial charge in [-0.25, -0.2) is 10.2 Å². The predicted octanol–water partition coefficient (Wildman–Crippen LogP) is 3.52. The molecule has 0 bridgehead atoms. The van der Waals surface area contributed by atoms with Crippen LogP contribution in [0, 0.1) is 0 Å². The molecule has 142 valence electrons. The molecule has 8 heteroatoms. The van der Waals surface area contributed by atoms with Gasteiger partial charge < -0.3 is 9.47 Å². The van der Waals surface area contributed by atoms with Crippen molar-refractivity contribution in [2.75, 3.05) is 13.7 Å². The summed E-state index contributed by atoms with van der Waals surface area (Å²) >= 11 is 7.27. The Morgan fingerprint density at radius 3 is 2.48 bits per heavy atom. The van der Waals surface area contributed by atoms with E-state index in [4.69, 9.17) is 16.3 Å². The first-order chi connectivity index (χ1) is 13.0. The highest BCUT2D eigenvalue weighted by Crippen LogP contribution is 2.24. The first-order valence-corrected chi connectivity index (χ1v) is 9.28. The van der Waals surface area contributed by atoms with Crippen LogP contribution in [0.3, 0.4) is 0 Å². The number of ether oxygens (including phenoxy) is 2. The molecule has 0 aliphatic carbocycles. The van der Waals surface area contributed by atoms with Crippen molar-refractivity contribution in [3.8, 4) is 5.75 Å². The maximum Gasteiger partial charge on any atom is 0.343 e. The Hall–Kier alpha value is -2.51. The summed E-state index contributed by atoms with van der Waals surface area (Å²) in [6, 6.07) is 14.2. The van der Waals surface area contributed by atoms with Gasteiger partial charge >= 0.3 is 5.97 Å². The number of benzene rings is 2. The highest BCUT2D eigenvalue weighted by molar-refractivity contribution is 8.00. The zero-order valence-electron chi connectivity index (χ0n) is 14.8. The molecule has 0 saturated carbocycles. The van der Waals surface area contributed by atoms with Crippen LogP contribution in [-0.2, 0) is 14.3 Å². The van der Waals surface area contributed by atoms with Crippen LogP contribution in [0.5, 0.6) is 5.75 Å². The SMILES string of the molecule is COC(=O)COc1ccc(/C=N\NC(=O)[C@@H](C)Sc2ccc(Cl)cc2)cc1. The van der Waals surface area contributed by atoms with Gasteiger partial charge in [0.1, 0.15) is 5.75 Å². The van der Waals surface area contributed by atoms with Gasteiger partial charge in [0, 0.05) is 9.92 Å². The molecule has 1 N–H and O–H groups in total. The number of carbonyl (C=O) groups is 2. The number of thioether (sulfide) groups is 1. The summed E-state index contributed by atoms with van der Waals surface area (Å²) in [7, 11) is 1.30. The molecule has 6 nitrogen and oxygen atoms in total. The lowest BCUT2D eigenvalue weighted by atomic mass is 10.2. The Balaban J connectivity index is 1.80. The number of carbonyl (C=O) groups excluding carboxylic acids is 2. The van der Waals surface area contributed by atoms with E-state index in [0.29, 0.717) is 10.8 Å². The molecule has 0 aliphatic heterocycles. The van der Waals surface area contributed by atoms with E-state index in [1.165, 1.54) is 25.1 Å². The largest absolute Gasteiger partial charge is 0.482 e. The fraction of sp³-hybridized carbons (Fsp3) is 0.211. The van der Waals surface area contributed by atoms with Gasteiger partial charge in [-0.05, 0) is 61.0 Å². The van der Waals surface area contributed by atoms with Gasteiger partial charge in [0.15, 0.2) is 6.61 Å². The van der Waals surface area contributed by atoms with Crippen LogP contribution in [0.15, 0.2) is 58.5 Å². The molecule has 0 saturated heterocycles. The highest BCUT2D eigenvalue weighted by atomic mass is 35.5.